The fourth-order valence-corrected chi connectivity index (χ4v) is 1.58. The topological polar surface area (TPSA) is 31.0 Å². The van der Waals surface area contributed by atoms with Gasteiger partial charge >= 0.3 is 0 Å². The molecule has 0 aromatic heterocycles. The van der Waals surface area contributed by atoms with E-state index >= 15 is 0 Å². The maximum atomic E-state index is 10.4. The van der Waals surface area contributed by atoms with Gasteiger partial charge in [0.2, 0.25) is 0 Å². The quantitative estimate of drug-likeness (QED) is 0.825. The summed E-state index contributed by atoms with van der Waals surface area (Å²) in [5.41, 5.74) is 1.49. The summed E-state index contributed by atoms with van der Waals surface area (Å²) in [5, 5.41) is 1.87. The monoisotopic (exact) mass is 278 g/mol. The Morgan fingerprint density at radius 3 is 2.36 bits per heavy atom. The fourth-order valence-electron chi connectivity index (χ4n) is 0.780. The van der Waals surface area contributed by atoms with Crippen molar-refractivity contribution in [2.24, 2.45) is 0 Å². The molecule has 1 aromatic rings. The molecule has 0 radical (unpaired) electrons. The molecule has 0 atom stereocenters. The molecule has 0 spiro atoms. The van der Waals surface area contributed by atoms with Crippen LogP contribution in [0.15, 0.2) is 24.3 Å². The van der Waals surface area contributed by atoms with Crippen LogP contribution in [0.1, 0.15) is 9.30 Å². The second-order valence-electron chi connectivity index (χ2n) is 1.99. The molecule has 0 saturated carbocycles. The minimum Gasteiger partial charge on any atom is -0.0709 e. The lowest BCUT2D eigenvalue weighted by atomic mass is 10.2. The largest absolute Gasteiger partial charge is 0.258 e. The molecule has 1 N–H and O–H groups in total. The summed E-state index contributed by atoms with van der Waals surface area (Å²) in [6.07, 6.45) is 0. The van der Waals surface area contributed by atoms with Gasteiger partial charge in [-0.05, 0) is 0 Å². The van der Waals surface area contributed by atoms with E-state index in [9.17, 15) is 4.91 Å². The van der Waals surface area contributed by atoms with E-state index in [2.05, 4.69) is 31.9 Å². The van der Waals surface area contributed by atoms with Crippen molar-refractivity contribution in [1.82, 2.24) is 0 Å². The summed E-state index contributed by atoms with van der Waals surface area (Å²) in [4.78, 5) is 10.4. The Labute approximate surface area is 81.2 Å². The van der Waals surface area contributed by atoms with Crippen LogP contribution in [0.5, 0.6) is 0 Å². The fraction of sp³-hybridized carbons (Fsp3) is 0.143. The van der Waals surface area contributed by atoms with Gasteiger partial charge < -0.3 is 0 Å². The minimum atomic E-state index is 0.0210. The third-order valence-electron chi connectivity index (χ3n) is 1.31. The predicted molar refractivity (Wildman–Crippen MR) is 51.0 cm³/mol. The van der Waals surface area contributed by atoms with Gasteiger partial charge in [-0.3, -0.25) is 0 Å². The van der Waals surface area contributed by atoms with Crippen molar-refractivity contribution in [3.63, 3.8) is 0 Å². The zero-order valence-electron chi connectivity index (χ0n) is 5.55. The maximum absolute atomic E-state index is 10.4. The first kappa shape index (κ1) is 8.87. The molecule has 2 nitrogen and oxygen atoms in total. The summed E-state index contributed by atoms with van der Waals surface area (Å²) in [5.74, 6) is 0. The number of halogens is 2. The van der Waals surface area contributed by atoms with Crippen LogP contribution in [0.2, 0.25) is 0 Å². The SMILES string of the molecule is O=[NH+]c1ccccc1C(Br)Br. The maximum Gasteiger partial charge on any atom is 0.258 e. The zero-order valence-corrected chi connectivity index (χ0v) is 8.72. The molecule has 0 aliphatic heterocycles. The van der Waals surface area contributed by atoms with Gasteiger partial charge in [0.05, 0.1) is 5.56 Å². The first-order chi connectivity index (χ1) is 5.25. The Bertz CT molecular complexity index is 262. The van der Waals surface area contributed by atoms with Crippen molar-refractivity contribution >= 4 is 37.5 Å². The number of rotatable bonds is 2. The van der Waals surface area contributed by atoms with E-state index < -0.39 is 0 Å². The number of alkyl halides is 2. The van der Waals surface area contributed by atoms with Crippen LogP contribution >= 0.6 is 31.9 Å². The molecule has 0 saturated heterocycles. The third-order valence-corrected chi connectivity index (χ3v) is 2.29. The van der Waals surface area contributed by atoms with Crippen LogP contribution in [0.3, 0.4) is 0 Å². The number of benzene rings is 1. The number of hydrogen-bond donors (Lipinski definition) is 1. The second kappa shape index (κ2) is 3.97. The summed E-state index contributed by atoms with van der Waals surface area (Å²) >= 11 is 6.62. The smallest absolute Gasteiger partial charge is 0.0709 e. The van der Waals surface area contributed by atoms with Gasteiger partial charge in [-0.2, -0.15) is 0 Å². The molecule has 0 aliphatic rings. The van der Waals surface area contributed by atoms with E-state index in [1.807, 2.05) is 23.4 Å². The van der Waals surface area contributed by atoms with E-state index in [1.165, 1.54) is 0 Å². The Balaban J connectivity index is 3.12. The molecule has 0 heterocycles. The van der Waals surface area contributed by atoms with Gasteiger partial charge in [0.25, 0.3) is 5.69 Å². The highest BCUT2D eigenvalue weighted by molar-refractivity contribution is 9.24. The van der Waals surface area contributed by atoms with Gasteiger partial charge in [0, 0.05) is 16.2 Å². The third kappa shape index (κ3) is 2.10. The zero-order chi connectivity index (χ0) is 8.27. The van der Waals surface area contributed by atoms with E-state index in [0.29, 0.717) is 5.69 Å². The van der Waals surface area contributed by atoms with Crippen molar-refractivity contribution in [3.05, 3.63) is 34.7 Å². The molecule has 0 bridgehead atoms. The van der Waals surface area contributed by atoms with Crippen molar-refractivity contribution in [3.8, 4) is 0 Å². The molecule has 4 heteroatoms. The molecule has 1 rings (SSSR count). The second-order valence-corrected chi connectivity index (χ2v) is 5.05. The van der Waals surface area contributed by atoms with Gasteiger partial charge in [-0.25, -0.2) is 0 Å². The Kier molecular flexibility index (Phi) is 3.20. The van der Waals surface area contributed by atoms with Crippen LogP contribution in [0.4, 0.5) is 5.69 Å². The summed E-state index contributed by atoms with van der Waals surface area (Å²) in [6, 6.07) is 7.30. The summed E-state index contributed by atoms with van der Waals surface area (Å²) < 4.78 is 0.0210. The molecule has 11 heavy (non-hydrogen) atoms. The van der Waals surface area contributed by atoms with Gasteiger partial charge in [0.15, 0.2) is 0 Å². The molecule has 0 fully saturated rings. The average molecular weight is 280 g/mol. The summed E-state index contributed by atoms with van der Waals surface area (Å²) in [7, 11) is 0. The molecule has 0 aliphatic carbocycles. The standard InChI is InChI=1S/C7H5Br2NO/c8-7(9)5-3-1-2-4-6(5)10-11/h1-4,7H/p+1. The van der Waals surface area contributed by atoms with Crippen molar-refractivity contribution < 1.29 is 5.18 Å². The normalized spacial score (nSPS) is 10.1. The number of para-hydroxylation sites is 1. The lowest BCUT2D eigenvalue weighted by molar-refractivity contribution is -0.380. The molecular formula is C7H6Br2NO+. The van der Waals surface area contributed by atoms with E-state index in [1.54, 1.807) is 6.07 Å². The molecule has 0 amide bonds. The lowest BCUT2D eigenvalue weighted by Gasteiger charge is -1.98. The van der Waals surface area contributed by atoms with Crippen LogP contribution in [-0.2, 0) is 0 Å². The average Bonchev–Trinajstić information content (AvgIpc) is 2.04. The van der Waals surface area contributed by atoms with Crippen LogP contribution in [0.25, 0.3) is 0 Å². The number of nitroso groups, excluding NO2 is 1. The first-order valence-electron chi connectivity index (χ1n) is 3.01. The van der Waals surface area contributed by atoms with Gasteiger partial charge in [-0.1, -0.05) is 50.1 Å². The highest BCUT2D eigenvalue weighted by Gasteiger charge is 2.12. The Morgan fingerprint density at radius 1 is 1.27 bits per heavy atom. The van der Waals surface area contributed by atoms with Crippen LogP contribution in [-0.4, -0.2) is 0 Å². The molecule has 58 valence electrons. The highest BCUT2D eigenvalue weighted by Crippen LogP contribution is 2.31. The van der Waals surface area contributed by atoms with Crippen LogP contribution < -0.4 is 5.18 Å². The number of nitrogens with one attached hydrogen (secondary N) is 1. The molecular weight excluding hydrogens is 274 g/mol. The minimum absolute atomic E-state index is 0.0210. The van der Waals surface area contributed by atoms with Crippen molar-refractivity contribution in [2.75, 3.05) is 0 Å². The van der Waals surface area contributed by atoms with Gasteiger partial charge in [0.1, 0.15) is 3.74 Å². The number of hydrogen-bond acceptors (Lipinski definition) is 1. The summed E-state index contributed by atoms with van der Waals surface area (Å²) in [6.45, 7) is 0. The molecule has 0 unspecified atom stereocenters. The first-order valence-corrected chi connectivity index (χ1v) is 4.84. The van der Waals surface area contributed by atoms with Crippen molar-refractivity contribution in [1.29, 1.82) is 0 Å². The van der Waals surface area contributed by atoms with Gasteiger partial charge in [-0.15, -0.1) is 0 Å². The van der Waals surface area contributed by atoms with Crippen molar-refractivity contribution in [2.45, 2.75) is 3.74 Å². The van der Waals surface area contributed by atoms with E-state index in [4.69, 9.17) is 0 Å². The molecule has 1 aromatic carbocycles. The van der Waals surface area contributed by atoms with E-state index in [0.717, 1.165) is 5.56 Å². The van der Waals surface area contributed by atoms with E-state index in [-0.39, 0.29) is 3.74 Å². The Morgan fingerprint density at radius 2 is 1.91 bits per heavy atom. The van der Waals surface area contributed by atoms with Crippen LogP contribution in [0, 0.1) is 4.91 Å². The lowest BCUT2D eigenvalue weighted by Crippen LogP contribution is -2.56. The highest BCUT2D eigenvalue weighted by atomic mass is 79.9. The predicted octanol–water partition coefficient (Wildman–Crippen LogP) is 1.95. The Hall–Kier alpha value is -0.220.